The van der Waals surface area contributed by atoms with Gasteiger partial charge < -0.3 is 19.5 Å². The van der Waals surface area contributed by atoms with Crippen molar-refractivity contribution in [3.8, 4) is 0 Å². The zero-order chi connectivity index (χ0) is 18.5. The maximum atomic E-state index is 14.0. The second-order valence-corrected chi connectivity index (χ2v) is 6.25. The van der Waals surface area contributed by atoms with E-state index >= 15 is 0 Å². The Balaban J connectivity index is 1.67. The lowest BCUT2D eigenvalue weighted by molar-refractivity contribution is 0.0588. The summed E-state index contributed by atoms with van der Waals surface area (Å²) in [5.74, 6) is 0.187. The van der Waals surface area contributed by atoms with Gasteiger partial charge in [-0.3, -0.25) is 0 Å². The number of nitrogens with zero attached hydrogens (tertiary/aromatic N) is 2. The number of benzene rings is 1. The molecule has 26 heavy (non-hydrogen) atoms. The van der Waals surface area contributed by atoms with Crippen molar-refractivity contribution in [3.63, 3.8) is 0 Å². The van der Waals surface area contributed by atoms with Crippen molar-refractivity contribution in [1.29, 1.82) is 0 Å². The van der Waals surface area contributed by atoms with E-state index in [9.17, 15) is 9.18 Å². The highest BCUT2D eigenvalue weighted by Gasteiger charge is 2.28. The van der Waals surface area contributed by atoms with Gasteiger partial charge in [0.15, 0.2) is 17.1 Å². The molecular weight excluding hydrogens is 361 g/mol. The first-order valence-corrected chi connectivity index (χ1v) is 8.69. The predicted molar refractivity (Wildman–Crippen MR) is 95.6 cm³/mol. The number of hydrogen-bond donors (Lipinski definition) is 1. The van der Waals surface area contributed by atoms with Crippen LogP contribution in [0.4, 0.5) is 9.18 Å². The number of rotatable bonds is 6. The number of nitrogens with one attached hydrogen (secondary N) is 1. The molecule has 0 radical (unpaired) electrons. The number of amides is 2. The van der Waals surface area contributed by atoms with Crippen molar-refractivity contribution in [2.45, 2.75) is 26.0 Å². The molecule has 2 heterocycles. The zero-order valence-corrected chi connectivity index (χ0v) is 15.0. The number of hydrogen-bond acceptors (Lipinski definition) is 4. The van der Waals surface area contributed by atoms with Gasteiger partial charge in [0.1, 0.15) is 11.5 Å². The van der Waals surface area contributed by atoms with Crippen LogP contribution in [0.5, 0.6) is 0 Å². The van der Waals surface area contributed by atoms with Crippen molar-refractivity contribution in [3.05, 3.63) is 58.8 Å². The molecule has 2 aromatic rings. The van der Waals surface area contributed by atoms with Gasteiger partial charge in [-0.05, 0) is 36.7 Å². The Bertz CT molecular complexity index is 808. The maximum absolute atomic E-state index is 14.0. The first-order chi connectivity index (χ1) is 12.6. The Hall–Kier alpha value is -2.54. The fraction of sp³-hybridized carbons (Fsp3) is 0.333. The fourth-order valence-electron chi connectivity index (χ4n) is 2.70. The van der Waals surface area contributed by atoms with Gasteiger partial charge in [0.2, 0.25) is 0 Å². The van der Waals surface area contributed by atoms with Gasteiger partial charge in [-0.25, -0.2) is 9.18 Å². The minimum atomic E-state index is -0.351. The van der Waals surface area contributed by atoms with Gasteiger partial charge in [0.25, 0.3) is 0 Å². The smallest absolute Gasteiger partial charge is 0.317 e. The first kappa shape index (κ1) is 18.3. The molecule has 1 aliphatic rings. The number of carbonyl (C=O) groups is 1. The molecule has 6 nitrogen and oxygen atoms in total. The van der Waals surface area contributed by atoms with Gasteiger partial charge in [-0.15, -0.1) is 0 Å². The molecule has 0 unspecified atom stereocenters. The summed E-state index contributed by atoms with van der Waals surface area (Å²) in [7, 11) is 0. The van der Waals surface area contributed by atoms with E-state index in [1.807, 2.05) is 6.92 Å². The van der Waals surface area contributed by atoms with Crippen LogP contribution < -0.4 is 5.32 Å². The molecule has 1 N–H and O–H groups in total. The number of carbonyl (C=O) groups excluding carboxylic acids is 1. The molecule has 1 aliphatic heterocycles. The van der Waals surface area contributed by atoms with Gasteiger partial charge in [-0.2, -0.15) is 0 Å². The van der Waals surface area contributed by atoms with E-state index in [-0.39, 0.29) is 36.3 Å². The average molecular weight is 380 g/mol. The van der Waals surface area contributed by atoms with E-state index in [2.05, 4.69) is 10.5 Å². The molecule has 1 atom stereocenters. The van der Waals surface area contributed by atoms with Crippen LogP contribution in [-0.4, -0.2) is 35.8 Å². The molecule has 138 valence electrons. The highest BCUT2D eigenvalue weighted by atomic mass is 35.5. The van der Waals surface area contributed by atoms with Crippen LogP contribution in [0.25, 0.3) is 0 Å². The summed E-state index contributed by atoms with van der Waals surface area (Å²) in [6.45, 7) is 2.71. The van der Waals surface area contributed by atoms with Gasteiger partial charge in [0, 0.05) is 18.5 Å². The van der Waals surface area contributed by atoms with Gasteiger partial charge in [-0.1, -0.05) is 23.4 Å². The van der Waals surface area contributed by atoms with Crippen molar-refractivity contribution in [2.24, 2.45) is 5.16 Å². The lowest BCUT2D eigenvalue weighted by Gasteiger charge is -2.25. The van der Waals surface area contributed by atoms with E-state index in [4.69, 9.17) is 20.9 Å². The third kappa shape index (κ3) is 4.35. The van der Waals surface area contributed by atoms with E-state index in [0.717, 1.165) is 0 Å². The van der Waals surface area contributed by atoms with Crippen LogP contribution in [0.15, 0.2) is 46.0 Å². The molecule has 3 rings (SSSR count). The van der Waals surface area contributed by atoms with E-state index < -0.39 is 0 Å². The minimum absolute atomic E-state index is 0.139. The van der Waals surface area contributed by atoms with Crippen LogP contribution in [0.2, 0.25) is 5.22 Å². The Morgan fingerprint density at radius 3 is 2.88 bits per heavy atom. The highest BCUT2D eigenvalue weighted by Crippen LogP contribution is 2.22. The topological polar surface area (TPSA) is 67.1 Å². The average Bonchev–Trinajstić information content (AvgIpc) is 3.25. The molecule has 2 amide bonds. The SMILES string of the molecule is CCNC(=O)N(Cc1ccccc1F)C[C@@H]1CC(c2ccc(Cl)o2)=NO1. The number of urea groups is 1. The lowest BCUT2D eigenvalue weighted by atomic mass is 10.1. The quantitative estimate of drug-likeness (QED) is 0.830. The molecule has 0 spiro atoms. The summed E-state index contributed by atoms with van der Waals surface area (Å²) >= 11 is 5.78. The van der Waals surface area contributed by atoms with Crippen LogP contribution in [0.3, 0.4) is 0 Å². The maximum Gasteiger partial charge on any atom is 0.317 e. The molecule has 8 heteroatoms. The van der Waals surface area contributed by atoms with Gasteiger partial charge in [0.05, 0.1) is 13.1 Å². The van der Waals surface area contributed by atoms with Crippen LogP contribution in [0.1, 0.15) is 24.7 Å². The van der Waals surface area contributed by atoms with Crippen LogP contribution >= 0.6 is 11.6 Å². The molecule has 0 saturated carbocycles. The van der Waals surface area contributed by atoms with Crippen molar-refractivity contribution < 1.29 is 18.4 Å². The van der Waals surface area contributed by atoms with E-state index in [1.165, 1.54) is 11.0 Å². The second kappa shape index (κ2) is 8.23. The summed E-state index contributed by atoms with van der Waals surface area (Å²) in [4.78, 5) is 19.3. The van der Waals surface area contributed by atoms with Gasteiger partial charge >= 0.3 is 6.03 Å². The van der Waals surface area contributed by atoms with Crippen molar-refractivity contribution >= 4 is 23.3 Å². The Kier molecular flexibility index (Phi) is 5.78. The number of furan rings is 1. The summed E-state index contributed by atoms with van der Waals surface area (Å²) in [5, 5.41) is 7.03. The Morgan fingerprint density at radius 2 is 2.19 bits per heavy atom. The molecular formula is C18H19ClFN3O3. The summed E-state index contributed by atoms with van der Waals surface area (Å²) in [6.07, 6.45) is 0.125. The summed E-state index contributed by atoms with van der Waals surface area (Å²) < 4.78 is 19.3. The minimum Gasteiger partial charge on any atom is -0.443 e. The highest BCUT2D eigenvalue weighted by molar-refractivity contribution is 6.29. The summed E-state index contributed by atoms with van der Waals surface area (Å²) in [5.41, 5.74) is 1.07. The lowest BCUT2D eigenvalue weighted by Crippen LogP contribution is -2.43. The predicted octanol–water partition coefficient (Wildman–Crippen LogP) is 3.80. The molecule has 0 fully saturated rings. The largest absolute Gasteiger partial charge is 0.443 e. The zero-order valence-electron chi connectivity index (χ0n) is 14.2. The van der Waals surface area contributed by atoms with Crippen molar-refractivity contribution in [1.82, 2.24) is 10.2 Å². The number of oxime groups is 1. The van der Waals surface area contributed by atoms with Crippen LogP contribution in [0, 0.1) is 5.82 Å². The van der Waals surface area contributed by atoms with E-state index in [0.29, 0.717) is 30.0 Å². The third-order valence-corrected chi connectivity index (χ3v) is 4.15. The molecule has 0 saturated heterocycles. The monoisotopic (exact) mass is 379 g/mol. The Labute approximate surface area is 155 Å². The molecule has 0 bridgehead atoms. The standard InChI is InChI=1S/C18H19ClFN3O3/c1-2-21-18(24)23(10-12-5-3-4-6-14(12)20)11-13-9-15(22-26-13)16-7-8-17(19)25-16/h3-8,13H,2,9-11H2,1H3,(H,21,24)/t13-/m0/s1. The van der Waals surface area contributed by atoms with E-state index in [1.54, 1.807) is 30.3 Å². The Morgan fingerprint density at radius 1 is 1.38 bits per heavy atom. The normalized spacial score (nSPS) is 16.1. The third-order valence-electron chi connectivity index (χ3n) is 3.95. The molecule has 0 aliphatic carbocycles. The van der Waals surface area contributed by atoms with Crippen molar-refractivity contribution in [2.75, 3.05) is 13.1 Å². The van der Waals surface area contributed by atoms with Crippen LogP contribution in [-0.2, 0) is 11.4 Å². The fourth-order valence-corrected chi connectivity index (χ4v) is 2.85. The first-order valence-electron chi connectivity index (χ1n) is 8.31. The summed E-state index contributed by atoms with van der Waals surface area (Å²) in [6, 6.07) is 9.45. The second-order valence-electron chi connectivity index (χ2n) is 5.88. The molecule has 1 aromatic carbocycles. The number of halogens is 2. The molecule has 1 aromatic heterocycles.